The number of aliphatic hydroxyl groups excluding tert-OH is 3. The van der Waals surface area contributed by atoms with E-state index >= 15 is 0 Å². The average Bonchev–Trinajstić information content (AvgIpc) is 3.09. The van der Waals surface area contributed by atoms with Gasteiger partial charge in [0, 0.05) is 44.4 Å². The van der Waals surface area contributed by atoms with Crippen molar-refractivity contribution in [1.29, 1.82) is 0 Å². The number of carbonyl (C=O) groups excluding carboxylic acids is 2. The maximum Gasteiger partial charge on any atom is 0.311 e. The number of hydrogen-bond acceptors (Lipinski definition) is 14. The lowest BCUT2D eigenvalue weighted by Crippen LogP contribution is -2.61. The number of esters is 1. The largest absolute Gasteiger partial charge is 0.459 e. The minimum absolute atomic E-state index is 0.111. The highest BCUT2D eigenvalue weighted by molar-refractivity contribution is 5.83. The monoisotopic (exact) mass is 747 g/mol. The van der Waals surface area contributed by atoms with Crippen LogP contribution in [0.2, 0.25) is 0 Å². The van der Waals surface area contributed by atoms with Gasteiger partial charge in [0.25, 0.3) is 0 Å². The molecule has 3 aliphatic heterocycles. The maximum atomic E-state index is 14.2. The van der Waals surface area contributed by atoms with Crippen LogP contribution in [0.3, 0.4) is 0 Å². The summed E-state index contributed by atoms with van der Waals surface area (Å²) in [4.78, 5) is 30.1. The topological polar surface area (TPSA) is 183 Å². The number of hydrogen-bond donors (Lipinski definition) is 4. The van der Waals surface area contributed by atoms with E-state index in [1.807, 2.05) is 32.8 Å². The van der Waals surface area contributed by atoms with Gasteiger partial charge in [-0.2, -0.15) is 0 Å². The molecule has 0 radical (unpaired) electrons. The number of likely N-dealkylation sites (N-methyl/N-ethyl adjacent to an activating group) is 1. The van der Waals surface area contributed by atoms with Crippen LogP contribution in [0.25, 0.3) is 0 Å². The van der Waals surface area contributed by atoms with Gasteiger partial charge in [-0.1, -0.05) is 27.7 Å². The highest BCUT2D eigenvalue weighted by Crippen LogP contribution is 2.41. The van der Waals surface area contributed by atoms with Crippen molar-refractivity contribution in [3.8, 4) is 0 Å². The number of ketones is 1. The summed E-state index contributed by atoms with van der Waals surface area (Å²) >= 11 is 0. The Labute approximate surface area is 310 Å². The second-order valence-electron chi connectivity index (χ2n) is 16.6. The predicted octanol–water partition coefficient (Wildman–Crippen LogP) is 2.44. The van der Waals surface area contributed by atoms with Crippen molar-refractivity contribution in [3.05, 3.63) is 0 Å². The fourth-order valence-corrected chi connectivity index (χ4v) is 8.58. The number of nitrogens with zero attached hydrogens (tertiary/aromatic N) is 1. The van der Waals surface area contributed by atoms with E-state index in [1.54, 1.807) is 48.5 Å². The zero-order valence-corrected chi connectivity index (χ0v) is 33.9. The predicted molar refractivity (Wildman–Crippen MR) is 191 cm³/mol. The molecule has 52 heavy (non-hydrogen) atoms. The molecule has 14 heteroatoms. The van der Waals surface area contributed by atoms with E-state index in [4.69, 9.17) is 33.2 Å². The van der Waals surface area contributed by atoms with E-state index < -0.39 is 102 Å². The van der Waals surface area contributed by atoms with Crippen LogP contribution in [-0.2, 0) is 42.7 Å². The van der Waals surface area contributed by atoms with E-state index in [0.717, 1.165) is 0 Å². The van der Waals surface area contributed by atoms with E-state index in [1.165, 1.54) is 21.1 Å². The van der Waals surface area contributed by atoms with Gasteiger partial charge < -0.3 is 58.5 Å². The first kappa shape index (κ1) is 45.1. The molecule has 0 aliphatic carbocycles. The average molecular weight is 748 g/mol. The second-order valence-corrected chi connectivity index (χ2v) is 16.6. The number of rotatable bonds is 8. The molecule has 0 saturated carbocycles. The zero-order chi connectivity index (χ0) is 39.7. The van der Waals surface area contributed by atoms with Gasteiger partial charge in [0.2, 0.25) is 0 Å². The highest BCUT2D eigenvalue weighted by atomic mass is 16.7. The third-order valence-corrected chi connectivity index (χ3v) is 12.3. The normalized spacial score (nSPS) is 49.0. The minimum atomic E-state index is -1.96. The summed E-state index contributed by atoms with van der Waals surface area (Å²) in [6.45, 7) is 17.1. The van der Waals surface area contributed by atoms with Crippen molar-refractivity contribution < 1.29 is 63.2 Å². The maximum absolute atomic E-state index is 14.2. The molecule has 3 fully saturated rings. The molecule has 4 N–H and O–H groups in total. The molecule has 0 unspecified atom stereocenters. The number of methoxy groups -OCH3 is 2. The molecular weight excluding hydrogens is 678 g/mol. The fourth-order valence-electron chi connectivity index (χ4n) is 8.58. The Morgan fingerprint density at radius 2 is 1.44 bits per heavy atom. The standard InChI is InChI=1S/C38H69NO13/c1-15-26-38(10,45)31(42)21(4)28(40)19(2)17-37(9,47-14)33(52-35-29(41)25(39(11)12)16-20(3)48-35)22(5)30(23(6)34(44)50-26)51-27-18-36(8,46-13)32(43)24(7)49-27/h19-27,29-33,35,41-43,45H,15-18H2,1-14H3/t19-,20+,21-,22-,23+,24-,25-,26-,27+,29-,30+,31-,32+,33-,35-,36-,37+,38-/m0/s1. The van der Waals surface area contributed by atoms with Crippen LogP contribution in [0, 0.1) is 23.7 Å². The lowest BCUT2D eigenvalue weighted by Gasteiger charge is -2.50. The van der Waals surface area contributed by atoms with Gasteiger partial charge in [0.15, 0.2) is 12.6 Å². The smallest absolute Gasteiger partial charge is 0.311 e. The summed E-state index contributed by atoms with van der Waals surface area (Å²) in [5.41, 5.74) is -4.24. The van der Waals surface area contributed by atoms with Crippen molar-refractivity contribution in [2.24, 2.45) is 23.7 Å². The van der Waals surface area contributed by atoms with Crippen LogP contribution in [0.15, 0.2) is 0 Å². The molecule has 3 rings (SSSR count). The van der Waals surface area contributed by atoms with Gasteiger partial charge >= 0.3 is 5.97 Å². The van der Waals surface area contributed by atoms with Crippen molar-refractivity contribution in [2.75, 3.05) is 28.3 Å². The minimum Gasteiger partial charge on any atom is -0.459 e. The summed E-state index contributed by atoms with van der Waals surface area (Å²) in [6, 6.07) is -0.283. The number of carbonyl (C=O) groups is 2. The SMILES string of the molecule is CC[C@@H]1OC(=O)[C@H](C)[C@H](O[C@@H]2C[C@](C)(OC)[C@H](O)[C@H](C)O2)[C@H](C)[C@H](O[C@@H]2O[C@H](C)C[C@H](N(C)C)[C@@H]2O)[C@](C)(OC)C[C@H](C)C(=O)[C@H](C)[C@H](O)[C@@]1(C)O. The van der Waals surface area contributed by atoms with Crippen molar-refractivity contribution >= 4 is 11.8 Å². The van der Waals surface area contributed by atoms with Gasteiger partial charge in [-0.3, -0.25) is 9.59 Å². The van der Waals surface area contributed by atoms with Gasteiger partial charge in [-0.15, -0.1) is 0 Å². The molecule has 0 bridgehead atoms. The first-order chi connectivity index (χ1) is 24.0. The van der Waals surface area contributed by atoms with Gasteiger partial charge in [0.05, 0.1) is 47.6 Å². The quantitative estimate of drug-likeness (QED) is 0.266. The third kappa shape index (κ3) is 9.38. The summed E-state index contributed by atoms with van der Waals surface area (Å²) in [5, 5.41) is 45.6. The summed E-state index contributed by atoms with van der Waals surface area (Å²) < 4.78 is 43.9. The van der Waals surface area contributed by atoms with Crippen LogP contribution in [0.5, 0.6) is 0 Å². The lowest BCUT2D eigenvalue weighted by molar-refractivity contribution is -0.319. The van der Waals surface area contributed by atoms with E-state index in [0.29, 0.717) is 6.42 Å². The molecule has 0 amide bonds. The third-order valence-electron chi connectivity index (χ3n) is 12.3. The summed E-state index contributed by atoms with van der Waals surface area (Å²) in [5.74, 6) is -4.47. The Morgan fingerprint density at radius 3 is 1.98 bits per heavy atom. The first-order valence-electron chi connectivity index (χ1n) is 18.9. The van der Waals surface area contributed by atoms with Gasteiger partial charge in [0.1, 0.15) is 29.7 Å². The molecular formula is C38H69NO13. The molecule has 3 heterocycles. The van der Waals surface area contributed by atoms with Crippen LogP contribution < -0.4 is 0 Å². The number of Topliss-reactive ketones (excluding diaryl/α,β-unsaturated/α-hetero) is 1. The molecule has 0 aromatic carbocycles. The van der Waals surface area contributed by atoms with E-state index in [9.17, 15) is 30.0 Å². The Balaban J connectivity index is 2.22. The molecule has 304 valence electrons. The second kappa shape index (κ2) is 17.7. The Bertz CT molecular complexity index is 1190. The van der Waals surface area contributed by atoms with Crippen LogP contribution >= 0.6 is 0 Å². The van der Waals surface area contributed by atoms with Crippen molar-refractivity contribution in [1.82, 2.24) is 4.90 Å². The van der Waals surface area contributed by atoms with E-state index in [-0.39, 0.29) is 37.2 Å². The zero-order valence-electron chi connectivity index (χ0n) is 33.9. The molecule has 3 aliphatic rings. The molecule has 0 aromatic heterocycles. The Kier molecular flexibility index (Phi) is 15.3. The number of aliphatic hydroxyl groups is 4. The molecule has 0 aromatic rings. The van der Waals surface area contributed by atoms with E-state index in [2.05, 4.69) is 0 Å². The fraction of sp³-hybridized carbons (Fsp3) is 0.947. The Hall–Kier alpha value is -1.30. The van der Waals surface area contributed by atoms with Crippen LogP contribution in [0.4, 0.5) is 0 Å². The number of cyclic esters (lactones) is 1. The molecule has 0 spiro atoms. The Morgan fingerprint density at radius 1 is 0.846 bits per heavy atom. The van der Waals surface area contributed by atoms with Crippen LogP contribution in [0.1, 0.15) is 94.9 Å². The first-order valence-corrected chi connectivity index (χ1v) is 18.9. The lowest BCUT2D eigenvalue weighted by atomic mass is 9.74. The molecule has 18 atom stereocenters. The highest BCUT2D eigenvalue weighted by Gasteiger charge is 2.54. The molecule has 14 nitrogen and oxygen atoms in total. The van der Waals surface area contributed by atoms with Gasteiger partial charge in [-0.25, -0.2) is 0 Å². The van der Waals surface area contributed by atoms with Crippen molar-refractivity contribution in [2.45, 2.75) is 179 Å². The van der Waals surface area contributed by atoms with Crippen LogP contribution in [-0.4, -0.2) is 150 Å². The summed E-state index contributed by atoms with van der Waals surface area (Å²) in [6.07, 6.45) is -8.73. The molecule has 3 saturated heterocycles. The summed E-state index contributed by atoms with van der Waals surface area (Å²) in [7, 11) is 6.77. The number of ether oxygens (including phenoxy) is 7. The van der Waals surface area contributed by atoms with Gasteiger partial charge in [-0.05, 0) is 74.9 Å². The van der Waals surface area contributed by atoms with Crippen molar-refractivity contribution in [3.63, 3.8) is 0 Å².